The minimum atomic E-state index is -0.401. The Kier molecular flexibility index (Phi) is 7.66. The SMILES string of the molecule is COc1cc(C(F)=Cc2cccc(-c3cccc(Nc4nccc5cc(C=O)cnc45)c3C)c2C)ccc1CO. The van der Waals surface area contributed by atoms with Gasteiger partial charge in [-0.15, -0.1) is 0 Å². The number of anilines is 2. The van der Waals surface area contributed by atoms with Crippen LogP contribution in [0.15, 0.2) is 79.1 Å². The highest BCUT2D eigenvalue weighted by Gasteiger charge is 2.14. The van der Waals surface area contributed by atoms with E-state index in [4.69, 9.17) is 4.74 Å². The van der Waals surface area contributed by atoms with E-state index in [-0.39, 0.29) is 6.61 Å². The Hall–Kier alpha value is -4.88. The van der Waals surface area contributed by atoms with Crippen LogP contribution in [0.2, 0.25) is 0 Å². The van der Waals surface area contributed by atoms with Gasteiger partial charge in [-0.25, -0.2) is 9.37 Å². The number of fused-ring (bicyclic) bond motifs is 1. The molecule has 0 unspecified atom stereocenters. The van der Waals surface area contributed by atoms with Crippen LogP contribution in [0.3, 0.4) is 0 Å². The maximum atomic E-state index is 15.3. The predicted octanol–water partition coefficient (Wildman–Crippen LogP) is 7.44. The highest BCUT2D eigenvalue weighted by molar-refractivity contribution is 5.93. The topological polar surface area (TPSA) is 84.3 Å². The van der Waals surface area contributed by atoms with Gasteiger partial charge < -0.3 is 15.2 Å². The van der Waals surface area contributed by atoms with E-state index < -0.39 is 5.83 Å². The molecule has 0 radical (unpaired) electrons. The van der Waals surface area contributed by atoms with Crippen molar-refractivity contribution in [3.63, 3.8) is 0 Å². The van der Waals surface area contributed by atoms with Gasteiger partial charge in [-0.3, -0.25) is 9.78 Å². The lowest BCUT2D eigenvalue weighted by molar-refractivity contribution is 0.112. The number of aliphatic hydroxyl groups is 1. The molecule has 5 rings (SSSR count). The van der Waals surface area contributed by atoms with Crippen molar-refractivity contribution < 1.29 is 19.0 Å². The van der Waals surface area contributed by atoms with Crippen LogP contribution in [0.1, 0.15) is 38.2 Å². The van der Waals surface area contributed by atoms with E-state index in [1.165, 1.54) is 19.4 Å². The summed E-state index contributed by atoms with van der Waals surface area (Å²) in [5.41, 5.74) is 7.68. The van der Waals surface area contributed by atoms with Gasteiger partial charge in [0.1, 0.15) is 17.1 Å². The zero-order chi connectivity index (χ0) is 28.2. The number of aldehydes is 1. The summed E-state index contributed by atoms with van der Waals surface area (Å²) >= 11 is 0. The van der Waals surface area contributed by atoms with Crippen LogP contribution in [0.25, 0.3) is 33.9 Å². The summed E-state index contributed by atoms with van der Waals surface area (Å²) in [5.74, 6) is 0.629. The van der Waals surface area contributed by atoms with Crippen LogP contribution in [-0.4, -0.2) is 28.5 Å². The first kappa shape index (κ1) is 26.7. The van der Waals surface area contributed by atoms with E-state index in [0.29, 0.717) is 33.8 Å². The number of ether oxygens (including phenoxy) is 1. The summed E-state index contributed by atoms with van der Waals surface area (Å²) in [7, 11) is 1.50. The Bertz CT molecular complexity index is 1760. The second-order valence-corrected chi connectivity index (χ2v) is 9.42. The molecule has 0 saturated heterocycles. The molecule has 0 bridgehead atoms. The number of benzene rings is 3. The molecule has 2 heterocycles. The number of rotatable bonds is 8. The van der Waals surface area contributed by atoms with Gasteiger partial charge in [0.25, 0.3) is 0 Å². The molecular formula is C33H28FN3O3. The van der Waals surface area contributed by atoms with Gasteiger partial charge in [-0.2, -0.15) is 0 Å². The molecular weight excluding hydrogens is 505 g/mol. The predicted molar refractivity (Wildman–Crippen MR) is 157 cm³/mol. The van der Waals surface area contributed by atoms with Crippen LogP contribution < -0.4 is 10.1 Å². The lowest BCUT2D eigenvalue weighted by atomic mass is 9.92. The maximum absolute atomic E-state index is 15.3. The number of nitrogens with zero attached hydrogens (tertiary/aromatic N) is 2. The average molecular weight is 534 g/mol. The van der Waals surface area contributed by atoms with Crippen LogP contribution in [0, 0.1) is 13.8 Å². The Morgan fingerprint density at radius 1 is 1.00 bits per heavy atom. The fourth-order valence-electron chi connectivity index (χ4n) is 4.77. The zero-order valence-electron chi connectivity index (χ0n) is 22.4. The molecule has 0 atom stereocenters. The number of aromatic nitrogens is 2. The fourth-order valence-corrected chi connectivity index (χ4v) is 4.77. The van der Waals surface area contributed by atoms with Crippen LogP contribution >= 0.6 is 0 Å². The van der Waals surface area contributed by atoms with Gasteiger partial charge in [0.2, 0.25) is 0 Å². The molecule has 0 saturated carbocycles. The molecule has 2 N–H and O–H groups in total. The van der Waals surface area contributed by atoms with Crippen molar-refractivity contribution in [2.45, 2.75) is 20.5 Å². The number of hydrogen-bond acceptors (Lipinski definition) is 6. The molecule has 0 fully saturated rings. The second-order valence-electron chi connectivity index (χ2n) is 9.42. The molecule has 6 nitrogen and oxygen atoms in total. The number of methoxy groups -OCH3 is 1. The molecule has 3 aromatic carbocycles. The molecule has 0 aliphatic heterocycles. The maximum Gasteiger partial charge on any atom is 0.156 e. The van der Waals surface area contributed by atoms with Gasteiger partial charge in [-0.05, 0) is 72.0 Å². The minimum absolute atomic E-state index is 0.183. The molecule has 5 aromatic rings. The lowest BCUT2D eigenvalue weighted by Gasteiger charge is -2.16. The van der Waals surface area contributed by atoms with E-state index in [9.17, 15) is 9.90 Å². The summed E-state index contributed by atoms with van der Waals surface area (Å²) in [4.78, 5) is 20.1. The third kappa shape index (κ3) is 5.19. The third-order valence-electron chi connectivity index (χ3n) is 7.02. The number of carbonyl (C=O) groups is 1. The summed E-state index contributed by atoms with van der Waals surface area (Å²) in [5, 5.41) is 13.7. The molecule has 0 amide bonds. The molecule has 200 valence electrons. The molecule has 7 heteroatoms. The molecule has 0 aliphatic rings. The summed E-state index contributed by atoms with van der Waals surface area (Å²) in [6, 6.07) is 20.3. The van der Waals surface area contributed by atoms with Crippen molar-refractivity contribution in [3.05, 3.63) is 113 Å². The number of aliphatic hydroxyl groups excluding tert-OH is 1. The molecule has 40 heavy (non-hydrogen) atoms. The first-order valence-corrected chi connectivity index (χ1v) is 12.8. The van der Waals surface area contributed by atoms with E-state index in [1.807, 2.05) is 56.3 Å². The number of nitrogens with one attached hydrogen (secondary N) is 1. The Morgan fingerprint density at radius 2 is 1.77 bits per heavy atom. The largest absolute Gasteiger partial charge is 0.496 e. The third-order valence-corrected chi connectivity index (χ3v) is 7.02. The lowest BCUT2D eigenvalue weighted by Crippen LogP contribution is -2.00. The van der Waals surface area contributed by atoms with Crippen molar-refractivity contribution in [2.24, 2.45) is 0 Å². The van der Waals surface area contributed by atoms with Crippen molar-refractivity contribution in [2.75, 3.05) is 12.4 Å². The smallest absolute Gasteiger partial charge is 0.156 e. The first-order chi connectivity index (χ1) is 19.4. The number of halogens is 1. The second kappa shape index (κ2) is 11.5. The summed E-state index contributed by atoms with van der Waals surface area (Å²) < 4.78 is 20.6. The first-order valence-electron chi connectivity index (χ1n) is 12.8. The normalized spacial score (nSPS) is 11.5. The monoisotopic (exact) mass is 533 g/mol. The van der Waals surface area contributed by atoms with Gasteiger partial charge in [0.05, 0.1) is 13.7 Å². The van der Waals surface area contributed by atoms with Gasteiger partial charge in [0.15, 0.2) is 12.1 Å². The van der Waals surface area contributed by atoms with Gasteiger partial charge >= 0.3 is 0 Å². The number of pyridine rings is 2. The molecule has 0 aliphatic carbocycles. The van der Waals surface area contributed by atoms with E-state index in [0.717, 1.165) is 45.2 Å². The quantitative estimate of drug-likeness (QED) is 0.159. The van der Waals surface area contributed by atoms with E-state index in [1.54, 1.807) is 30.5 Å². The highest BCUT2D eigenvalue weighted by atomic mass is 19.1. The standard InChI is InChI=1S/C33H28FN3O3/c1-20-23(15-29(34)24-10-11-26(19-39)31(16-24)40-3)6-4-7-27(20)28-8-5-9-30(21(28)2)37-33-32-25(12-13-35-33)14-22(18-38)17-36-32/h4-18,39H,19H2,1-3H3,(H,35,37). The number of hydrogen-bond donors (Lipinski definition) is 2. The van der Waals surface area contributed by atoms with E-state index in [2.05, 4.69) is 15.3 Å². The van der Waals surface area contributed by atoms with Crippen LogP contribution in [0.5, 0.6) is 5.75 Å². The molecule has 2 aromatic heterocycles. The van der Waals surface area contributed by atoms with Crippen molar-refractivity contribution in [3.8, 4) is 16.9 Å². The number of carbonyl (C=O) groups excluding carboxylic acids is 1. The highest BCUT2D eigenvalue weighted by Crippen LogP contribution is 2.35. The Morgan fingerprint density at radius 3 is 2.52 bits per heavy atom. The minimum Gasteiger partial charge on any atom is -0.496 e. The average Bonchev–Trinajstić information content (AvgIpc) is 2.98. The Balaban J connectivity index is 1.50. The van der Waals surface area contributed by atoms with E-state index >= 15 is 4.39 Å². The van der Waals surface area contributed by atoms with Crippen LogP contribution in [0.4, 0.5) is 15.9 Å². The molecule has 0 spiro atoms. The fraction of sp³-hybridized carbons (Fsp3) is 0.121. The summed E-state index contributed by atoms with van der Waals surface area (Å²) in [6.45, 7) is 3.82. The van der Waals surface area contributed by atoms with Crippen molar-refractivity contribution in [1.82, 2.24) is 9.97 Å². The van der Waals surface area contributed by atoms with Crippen molar-refractivity contribution in [1.29, 1.82) is 0 Å². The van der Waals surface area contributed by atoms with Gasteiger partial charge in [0, 0.05) is 40.2 Å². The van der Waals surface area contributed by atoms with Gasteiger partial charge in [-0.1, -0.05) is 42.5 Å². The zero-order valence-corrected chi connectivity index (χ0v) is 22.4. The van der Waals surface area contributed by atoms with Crippen molar-refractivity contribution >= 4 is 40.6 Å². The Labute approximate surface area is 231 Å². The summed E-state index contributed by atoms with van der Waals surface area (Å²) in [6.07, 6.45) is 5.50. The van der Waals surface area contributed by atoms with Crippen LogP contribution in [-0.2, 0) is 6.61 Å².